The first-order chi connectivity index (χ1) is 9.54. The van der Waals surface area contributed by atoms with Gasteiger partial charge >= 0.3 is 0 Å². The minimum absolute atomic E-state index is 0.0172. The lowest BCUT2D eigenvalue weighted by Gasteiger charge is -2.23. The van der Waals surface area contributed by atoms with Gasteiger partial charge in [0.1, 0.15) is 0 Å². The first-order valence-corrected chi connectivity index (χ1v) is 8.11. The predicted molar refractivity (Wildman–Crippen MR) is 81.5 cm³/mol. The molecule has 1 aliphatic rings. The van der Waals surface area contributed by atoms with Gasteiger partial charge < -0.3 is 10.6 Å². The summed E-state index contributed by atoms with van der Waals surface area (Å²) in [5.74, 6) is 0.0723. The van der Waals surface area contributed by atoms with Gasteiger partial charge in [-0.15, -0.1) is 11.3 Å². The van der Waals surface area contributed by atoms with Crippen molar-refractivity contribution in [1.29, 1.82) is 0 Å². The molecule has 110 valence electrons. The van der Waals surface area contributed by atoms with Gasteiger partial charge in [-0.2, -0.15) is 0 Å². The third-order valence-electron chi connectivity index (χ3n) is 3.21. The van der Waals surface area contributed by atoms with Crippen LogP contribution in [0.4, 0.5) is 0 Å². The number of carbonyl (C=O) groups excluding carboxylic acids is 2. The average molecular weight is 335 g/mol. The quantitative estimate of drug-likeness (QED) is 0.869. The molecule has 4 nitrogen and oxygen atoms in total. The molecular weight excluding hydrogens is 319 g/mol. The maximum Gasteiger partial charge on any atom is 0.220 e. The molecule has 0 unspecified atom stereocenters. The number of halogens is 2. The van der Waals surface area contributed by atoms with Gasteiger partial charge in [0.15, 0.2) is 0 Å². The van der Waals surface area contributed by atoms with Crippen molar-refractivity contribution in [2.45, 2.75) is 38.1 Å². The molecule has 1 fully saturated rings. The van der Waals surface area contributed by atoms with E-state index in [1.165, 1.54) is 11.3 Å². The molecule has 1 aromatic heterocycles. The maximum absolute atomic E-state index is 11.8. The van der Waals surface area contributed by atoms with E-state index in [-0.39, 0.29) is 17.9 Å². The van der Waals surface area contributed by atoms with Crippen LogP contribution >= 0.6 is 34.5 Å². The Morgan fingerprint density at radius 2 is 2.30 bits per heavy atom. The van der Waals surface area contributed by atoms with E-state index in [4.69, 9.17) is 23.2 Å². The maximum atomic E-state index is 11.8. The highest BCUT2D eigenvalue weighted by atomic mass is 35.5. The lowest BCUT2D eigenvalue weighted by molar-refractivity contribution is -0.125. The van der Waals surface area contributed by atoms with E-state index in [1.807, 2.05) is 6.07 Å². The first-order valence-electron chi connectivity index (χ1n) is 6.54. The van der Waals surface area contributed by atoms with Crippen LogP contribution in [0.25, 0.3) is 0 Å². The standard InChI is InChI=1S/C13H16Cl2N2O2S/c14-10-6-8(13(15)20-10)2-1-3-12(19)17-9-4-5-11(18)16-7-9/h6,9H,1-5,7H2,(H,16,18)(H,17,19)/t9-/m1/s1. The molecule has 0 aliphatic carbocycles. The Hall–Kier alpha value is -0.780. The van der Waals surface area contributed by atoms with Crippen molar-refractivity contribution in [2.75, 3.05) is 6.54 Å². The Morgan fingerprint density at radius 1 is 1.50 bits per heavy atom. The van der Waals surface area contributed by atoms with E-state index in [9.17, 15) is 9.59 Å². The van der Waals surface area contributed by atoms with Crippen LogP contribution in [0.3, 0.4) is 0 Å². The smallest absolute Gasteiger partial charge is 0.220 e. The molecule has 1 atom stereocenters. The van der Waals surface area contributed by atoms with Gasteiger partial charge in [0.25, 0.3) is 0 Å². The zero-order valence-corrected chi connectivity index (χ0v) is 13.2. The lowest BCUT2D eigenvalue weighted by Crippen LogP contribution is -2.47. The Bertz CT molecular complexity index is 495. The number of nitrogens with one attached hydrogen (secondary N) is 2. The zero-order chi connectivity index (χ0) is 14.5. The molecule has 0 radical (unpaired) electrons. The summed E-state index contributed by atoms with van der Waals surface area (Å²) in [6.45, 7) is 0.524. The predicted octanol–water partition coefficient (Wildman–Crippen LogP) is 2.77. The molecule has 1 saturated heterocycles. The molecule has 2 amide bonds. The molecule has 7 heteroatoms. The highest BCUT2D eigenvalue weighted by Gasteiger charge is 2.19. The molecule has 20 heavy (non-hydrogen) atoms. The van der Waals surface area contributed by atoms with E-state index < -0.39 is 0 Å². The fourth-order valence-electron chi connectivity index (χ4n) is 2.14. The molecule has 0 spiro atoms. The summed E-state index contributed by atoms with van der Waals surface area (Å²) >= 11 is 13.2. The number of amides is 2. The van der Waals surface area contributed by atoms with E-state index in [2.05, 4.69) is 10.6 Å². The second-order valence-electron chi connectivity index (χ2n) is 4.81. The van der Waals surface area contributed by atoms with E-state index in [0.29, 0.717) is 34.5 Å². The summed E-state index contributed by atoms with van der Waals surface area (Å²) in [6.07, 6.45) is 3.13. The molecule has 0 aromatic carbocycles. The average Bonchev–Trinajstić information content (AvgIpc) is 2.71. The summed E-state index contributed by atoms with van der Waals surface area (Å²) in [7, 11) is 0. The Balaban J connectivity index is 1.67. The summed E-state index contributed by atoms with van der Waals surface area (Å²) in [5, 5.41) is 5.68. The van der Waals surface area contributed by atoms with Crippen LogP contribution in [0.15, 0.2) is 6.07 Å². The van der Waals surface area contributed by atoms with Gasteiger partial charge in [-0.1, -0.05) is 23.2 Å². The number of hydrogen-bond donors (Lipinski definition) is 2. The number of rotatable bonds is 5. The second kappa shape index (κ2) is 7.29. The third-order valence-corrected chi connectivity index (χ3v) is 4.78. The van der Waals surface area contributed by atoms with Crippen LogP contribution in [0, 0.1) is 0 Å². The van der Waals surface area contributed by atoms with Crippen molar-refractivity contribution in [3.63, 3.8) is 0 Å². The summed E-state index contributed by atoms with van der Waals surface area (Å²) < 4.78 is 1.37. The van der Waals surface area contributed by atoms with Crippen molar-refractivity contribution in [3.05, 3.63) is 20.3 Å². The fraction of sp³-hybridized carbons (Fsp3) is 0.538. The highest BCUT2D eigenvalue weighted by molar-refractivity contribution is 7.20. The zero-order valence-electron chi connectivity index (χ0n) is 10.9. The van der Waals surface area contributed by atoms with Gasteiger partial charge in [-0.3, -0.25) is 9.59 Å². The Morgan fingerprint density at radius 3 is 2.90 bits per heavy atom. The first kappa shape index (κ1) is 15.6. The normalized spacial score (nSPS) is 18.7. The Kier molecular flexibility index (Phi) is 5.69. The lowest BCUT2D eigenvalue weighted by atomic mass is 10.1. The van der Waals surface area contributed by atoms with Crippen molar-refractivity contribution in [1.82, 2.24) is 10.6 Å². The molecule has 2 N–H and O–H groups in total. The molecular formula is C13H16Cl2N2O2S. The van der Waals surface area contributed by atoms with Crippen LogP contribution in [0.1, 0.15) is 31.2 Å². The van der Waals surface area contributed by atoms with E-state index in [1.54, 1.807) is 0 Å². The van der Waals surface area contributed by atoms with Crippen molar-refractivity contribution in [2.24, 2.45) is 0 Å². The van der Waals surface area contributed by atoms with Crippen molar-refractivity contribution in [3.8, 4) is 0 Å². The molecule has 0 bridgehead atoms. The van der Waals surface area contributed by atoms with Gasteiger partial charge in [-0.05, 0) is 30.9 Å². The van der Waals surface area contributed by atoms with Crippen LogP contribution < -0.4 is 10.6 Å². The number of carbonyl (C=O) groups is 2. The number of aryl methyl sites for hydroxylation is 1. The summed E-state index contributed by atoms with van der Waals surface area (Å²) in [6, 6.07) is 1.91. The minimum atomic E-state index is 0.0172. The Labute approximate surface area is 131 Å². The third kappa shape index (κ3) is 4.65. The molecule has 2 rings (SSSR count). The second-order valence-corrected chi connectivity index (χ2v) is 7.10. The molecule has 0 saturated carbocycles. The van der Waals surface area contributed by atoms with Gasteiger partial charge in [0.05, 0.1) is 8.67 Å². The van der Waals surface area contributed by atoms with Gasteiger partial charge in [0, 0.05) is 25.4 Å². The van der Waals surface area contributed by atoms with Gasteiger partial charge in [0.2, 0.25) is 11.8 Å². The largest absolute Gasteiger partial charge is 0.354 e. The SMILES string of the molecule is O=C1CC[C@@H](NC(=O)CCCc2cc(Cl)sc2Cl)CN1. The monoisotopic (exact) mass is 334 g/mol. The van der Waals surface area contributed by atoms with Crippen molar-refractivity contribution >= 4 is 46.4 Å². The summed E-state index contributed by atoms with van der Waals surface area (Å²) in [4.78, 5) is 22.8. The summed E-state index contributed by atoms with van der Waals surface area (Å²) in [5.41, 5.74) is 0.999. The van der Waals surface area contributed by atoms with Crippen LogP contribution in [0.5, 0.6) is 0 Å². The fourth-order valence-corrected chi connectivity index (χ4v) is 3.68. The molecule has 2 heterocycles. The van der Waals surface area contributed by atoms with Gasteiger partial charge in [-0.25, -0.2) is 0 Å². The molecule has 1 aliphatic heterocycles. The van der Waals surface area contributed by atoms with Crippen LogP contribution in [0.2, 0.25) is 8.67 Å². The number of hydrogen-bond acceptors (Lipinski definition) is 3. The van der Waals surface area contributed by atoms with E-state index >= 15 is 0 Å². The van der Waals surface area contributed by atoms with Crippen LogP contribution in [-0.2, 0) is 16.0 Å². The van der Waals surface area contributed by atoms with Crippen LogP contribution in [-0.4, -0.2) is 24.4 Å². The number of piperidine rings is 1. The highest BCUT2D eigenvalue weighted by Crippen LogP contribution is 2.31. The van der Waals surface area contributed by atoms with Crippen molar-refractivity contribution < 1.29 is 9.59 Å². The molecule has 1 aromatic rings. The topological polar surface area (TPSA) is 58.2 Å². The van der Waals surface area contributed by atoms with E-state index in [0.717, 1.165) is 18.4 Å². The number of thiophene rings is 1. The minimum Gasteiger partial charge on any atom is -0.354 e.